The van der Waals surface area contributed by atoms with E-state index in [0.717, 1.165) is 21.9 Å². The van der Waals surface area contributed by atoms with Crippen LogP contribution in [0.2, 0.25) is 0 Å². The highest BCUT2D eigenvalue weighted by atomic mass is 35.5. The molecule has 1 aromatic heterocycles. The van der Waals surface area contributed by atoms with Crippen LogP contribution in [-0.2, 0) is 9.53 Å². The van der Waals surface area contributed by atoms with Gasteiger partial charge in [-0.15, -0.1) is 22.9 Å². The van der Waals surface area contributed by atoms with Crippen molar-refractivity contribution in [1.29, 1.82) is 0 Å². The van der Waals surface area contributed by atoms with E-state index in [-0.39, 0.29) is 23.3 Å². The van der Waals surface area contributed by atoms with Gasteiger partial charge < -0.3 is 10.1 Å². The predicted octanol–water partition coefficient (Wildman–Crippen LogP) is 2.94. The average Bonchev–Trinajstić information content (AvgIpc) is 3.11. The number of aromatic nitrogens is 1. The summed E-state index contributed by atoms with van der Waals surface area (Å²) in [5.74, 6) is -1.55. The SMILES string of the molecule is CCOC(=O)c1csc(N(NC(=O)CCl)C(=O)Nc2ccc(C)cc2)n1. The quantitative estimate of drug-likeness (QED) is 0.459. The van der Waals surface area contributed by atoms with Gasteiger partial charge in [0.15, 0.2) is 5.69 Å². The van der Waals surface area contributed by atoms with E-state index in [4.69, 9.17) is 16.3 Å². The minimum Gasteiger partial charge on any atom is -0.461 e. The normalized spacial score (nSPS) is 10.1. The number of amides is 3. The van der Waals surface area contributed by atoms with Crippen molar-refractivity contribution < 1.29 is 19.1 Å². The lowest BCUT2D eigenvalue weighted by Gasteiger charge is -2.20. The van der Waals surface area contributed by atoms with Gasteiger partial charge in [-0.05, 0) is 26.0 Å². The molecule has 0 atom stereocenters. The van der Waals surface area contributed by atoms with Gasteiger partial charge in [-0.2, -0.15) is 5.01 Å². The zero-order valence-electron chi connectivity index (χ0n) is 14.1. The number of carbonyl (C=O) groups excluding carboxylic acids is 3. The standard InChI is InChI=1S/C16H17ClN4O4S/c1-3-25-14(23)12-9-26-16(19-12)21(20-13(22)8-17)15(24)18-11-6-4-10(2)5-7-11/h4-7,9H,3,8H2,1-2H3,(H,18,24)(H,20,22). The second-order valence-corrected chi connectivity index (χ2v) is 6.14. The van der Waals surface area contributed by atoms with E-state index < -0.39 is 17.9 Å². The summed E-state index contributed by atoms with van der Waals surface area (Å²) in [5.41, 5.74) is 3.96. The van der Waals surface area contributed by atoms with Crippen molar-refractivity contribution in [1.82, 2.24) is 10.4 Å². The number of thiazole rings is 1. The maximum Gasteiger partial charge on any atom is 0.357 e. The molecule has 8 nitrogen and oxygen atoms in total. The molecule has 2 rings (SSSR count). The number of aryl methyl sites for hydroxylation is 1. The number of carbonyl (C=O) groups is 3. The average molecular weight is 397 g/mol. The van der Waals surface area contributed by atoms with Gasteiger partial charge in [-0.25, -0.2) is 14.6 Å². The minimum absolute atomic E-state index is 0.0418. The van der Waals surface area contributed by atoms with Crippen LogP contribution in [0, 0.1) is 6.92 Å². The maximum absolute atomic E-state index is 12.6. The molecule has 1 aromatic carbocycles. The number of urea groups is 1. The third-order valence-electron chi connectivity index (χ3n) is 3.03. The molecule has 138 valence electrons. The van der Waals surface area contributed by atoms with Crippen molar-refractivity contribution in [2.75, 3.05) is 22.8 Å². The number of rotatable bonds is 5. The Hall–Kier alpha value is -2.65. The number of nitrogens with one attached hydrogen (secondary N) is 2. The Morgan fingerprint density at radius 3 is 2.58 bits per heavy atom. The third kappa shape index (κ3) is 5.17. The van der Waals surface area contributed by atoms with Crippen LogP contribution in [0.1, 0.15) is 23.0 Å². The molecule has 0 bridgehead atoms. The molecular formula is C16H17ClN4O4S. The van der Waals surface area contributed by atoms with Crippen molar-refractivity contribution in [2.45, 2.75) is 13.8 Å². The first-order chi connectivity index (χ1) is 12.4. The lowest BCUT2D eigenvalue weighted by Crippen LogP contribution is -2.49. The second kappa shape index (κ2) is 9.16. The van der Waals surface area contributed by atoms with Crippen LogP contribution in [0.25, 0.3) is 0 Å². The Kier molecular flexibility index (Phi) is 6.93. The van der Waals surface area contributed by atoms with Gasteiger partial charge in [0.1, 0.15) is 5.88 Å². The fourth-order valence-electron chi connectivity index (χ4n) is 1.82. The van der Waals surface area contributed by atoms with Crippen LogP contribution in [-0.4, -0.2) is 35.4 Å². The van der Waals surface area contributed by atoms with Crippen LogP contribution in [0.15, 0.2) is 29.6 Å². The number of hydrogen-bond acceptors (Lipinski definition) is 6. The highest BCUT2D eigenvalue weighted by Crippen LogP contribution is 2.21. The van der Waals surface area contributed by atoms with Crippen molar-refractivity contribution >= 4 is 51.7 Å². The molecule has 10 heteroatoms. The van der Waals surface area contributed by atoms with E-state index in [1.807, 2.05) is 19.1 Å². The van der Waals surface area contributed by atoms with E-state index in [2.05, 4.69) is 15.7 Å². The molecule has 2 aromatic rings. The number of alkyl halides is 1. The van der Waals surface area contributed by atoms with Crippen LogP contribution < -0.4 is 15.8 Å². The molecule has 0 saturated heterocycles. The summed E-state index contributed by atoms with van der Waals surface area (Å²) in [4.78, 5) is 40.0. The van der Waals surface area contributed by atoms with E-state index in [9.17, 15) is 14.4 Å². The van der Waals surface area contributed by atoms with Crippen LogP contribution >= 0.6 is 22.9 Å². The number of ether oxygens (including phenoxy) is 1. The number of esters is 1. The summed E-state index contributed by atoms with van der Waals surface area (Å²) in [5, 5.41) is 5.07. The van der Waals surface area contributed by atoms with Crippen molar-refractivity contribution in [3.63, 3.8) is 0 Å². The minimum atomic E-state index is -0.655. The van der Waals surface area contributed by atoms with Crippen LogP contribution in [0.5, 0.6) is 0 Å². The largest absolute Gasteiger partial charge is 0.461 e. The summed E-state index contributed by atoms with van der Waals surface area (Å²) in [6, 6.07) is 6.46. The van der Waals surface area contributed by atoms with E-state index in [1.54, 1.807) is 19.1 Å². The summed E-state index contributed by atoms with van der Waals surface area (Å²) < 4.78 is 4.87. The van der Waals surface area contributed by atoms with Crippen molar-refractivity contribution in [3.05, 3.63) is 40.9 Å². The lowest BCUT2D eigenvalue weighted by molar-refractivity contribution is -0.118. The van der Waals surface area contributed by atoms with Crippen LogP contribution in [0.4, 0.5) is 15.6 Å². The zero-order valence-corrected chi connectivity index (χ0v) is 15.7. The zero-order chi connectivity index (χ0) is 19.1. The fraction of sp³-hybridized carbons (Fsp3) is 0.250. The van der Waals surface area contributed by atoms with E-state index >= 15 is 0 Å². The Bertz CT molecular complexity index is 794. The summed E-state index contributed by atoms with van der Waals surface area (Å²) >= 11 is 6.50. The van der Waals surface area contributed by atoms with Gasteiger partial charge in [0, 0.05) is 11.1 Å². The molecule has 0 aliphatic heterocycles. The lowest BCUT2D eigenvalue weighted by atomic mass is 10.2. The molecule has 0 aliphatic carbocycles. The first-order valence-corrected chi connectivity index (χ1v) is 9.02. The van der Waals surface area contributed by atoms with E-state index in [0.29, 0.717) is 5.69 Å². The van der Waals surface area contributed by atoms with Gasteiger partial charge >= 0.3 is 12.0 Å². The van der Waals surface area contributed by atoms with Crippen molar-refractivity contribution in [3.8, 4) is 0 Å². The molecule has 0 saturated carbocycles. The number of halogens is 1. The highest BCUT2D eigenvalue weighted by molar-refractivity contribution is 7.14. The maximum atomic E-state index is 12.6. The number of hydrogen-bond donors (Lipinski definition) is 2. The fourth-order valence-corrected chi connectivity index (χ4v) is 2.63. The smallest absolute Gasteiger partial charge is 0.357 e. The second-order valence-electron chi connectivity index (χ2n) is 5.04. The number of hydrazine groups is 1. The Labute approximate surface area is 159 Å². The topological polar surface area (TPSA) is 101 Å². The van der Waals surface area contributed by atoms with Gasteiger partial charge in [-0.1, -0.05) is 17.7 Å². The molecule has 26 heavy (non-hydrogen) atoms. The number of anilines is 2. The summed E-state index contributed by atoms with van der Waals surface area (Å²) in [6.45, 7) is 3.80. The third-order valence-corrected chi connectivity index (χ3v) is 4.10. The van der Waals surface area contributed by atoms with Crippen molar-refractivity contribution in [2.24, 2.45) is 0 Å². The first-order valence-electron chi connectivity index (χ1n) is 7.60. The van der Waals surface area contributed by atoms with Gasteiger partial charge in [0.05, 0.1) is 6.61 Å². The Balaban J connectivity index is 2.22. The van der Waals surface area contributed by atoms with Crippen LogP contribution in [0.3, 0.4) is 0 Å². The molecule has 0 fully saturated rings. The highest BCUT2D eigenvalue weighted by Gasteiger charge is 2.23. The number of nitrogens with zero attached hydrogens (tertiary/aromatic N) is 2. The molecule has 0 aliphatic rings. The van der Waals surface area contributed by atoms with Gasteiger partial charge in [-0.3, -0.25) is 10.2 Å². The summed E-state index contributed by atoms with van der Waals surface area (Å²) in [6.07, 6.45) is 0. The van der Waals surface area contributed by atoms with Gasteiger partial charge in [0.2, 0.25) is 5.13 Å². The molecule has 1 heterocycles. The molecule has 3 amide bonds. The first kappa shape index (κ1) is 19.7. The Morgan fingerprint density at radius 2 is 1.96 bits per heavy atom. The predicted molar refractivity (Wildman–Crippen MR) is 99.6 cm³/mol. The Morgan fingerprint density at radius 1 is 1.27 bits per heavy atom. The monoisotopic (exact) mass is 396 g/mol. The number of benzene rings is 1. The molecule has 0 unspecified atom stereocenters. The molecule has 0 spiro atoms. The molecule has 0 radical (unpaired) electrons. The summed E-state index contributed by atoms with van der Waals surface area (Å²) in [7, 11) is 0. The molecular weight excluding hydrogens is 380 g/mol. The van der Waals surface area contributed by atoms with Gasteiger partial charge in [0.25, 0.3) is 5.91 Å². The van der Waals surface area contributed by atoms with E-state index in [1.165, 1.54) is 5.38 Å². The molecule has 2 N–H and O–H groups in total.